The minimum atomic E-state index is 0. The summed E-state index contributed by atoms with van der Waals surface area (Å²) >= 11 is 2.07. The number of thioether (sulfide) groups is 1. The first-order chi connectivity index (χ1) is 2.50. The maximum atomic E-state index is 2.07. The second-order valence-corrected chi connectivity index (χ2v) is 2.54. The van der Waals surface area contributed by atoms with Gasteiger partial charge in [0.1, 0.15) is 0 Å². The molecule has 1 fully saturated rings. The zero-order valence-corrected chi connectivity index (χ0v) is 5.51. The fourth-order valence-electron chi connectivity index (χ4n) is 0.510. The van der Waals surface area contributed by atoms with Crippen LogP contribution in [0.5, 0.6) is 0 Å². The second-order valence-electron chi connectivity index (χ2n) is 1.32. The molecule has 2 heteroatoms. The molecule has 0 bridgehead atoms. The van der Waals surface area contributed by atoms with Crippen LogP contribution in [0.3, 0.4) is 0 Å². The van der Waals surface area contributed by atoms with Crippen molar-refractivity contribution in [2.45, 2.75) is 12.8 Å². The third-order valence-electron chi connectivity index (χ3n) is 0.827. The second kappa shape index (κ2) is 4.04. The molecule has 1 saturated heterocycles. The van der Waals surface area contributed by atoms with Crippen LogP contribution in [0.2, 0.25) is 0 Å². The molecule has 0 aromatic carbocycles. The van der Waals surface area contributed by atoms with E-state index in [1.54, 1.807) is 0 Å². The molecule has 1 aliphatic heterocycles. The largest absolute Gasteiger partial charge is 3.00 e. The van der Waals surface area contributed by atoms with Gasteiger partial charge in [-0.1, -0.05) is 0 Å². The normalized spacial score (nSPS) is 20.0. The first kappa shape index (κ1) is 6.87. The van der Waals surface area contributed by atoms with Crippen molar-refractivity contribution in [1.29, 1.82) is 0 Å². The predicted molar refractivity (Wildman–Crippen MR) is 26.6 cm³/mol. The van der Waals surface area contributed by atoms with E-state index in [1.807, 2.05) is 0 Å². The van der Waals surface area contributed by atoms with Crippen molar-refractivity contribution in [3.8, 4) is 0 Å². The molecule has 1 rings (SSSR count). The molecule has 0 saturated carbocycles. The Balaban J connectivity index is 0.000000250. The van der Waals surface area contributed by atoms with Crippen molar-refractivity contribution < 1.29 is 17.1 Å². The van der Waals surface area contributed by atoms with Crippen molar-refractivity contribution in [3.63, 3.8) is 0 Å². The van der Waals surface area contributed by atoms with Gasteiger partial charge in [-0.2, -0.15) is 11.8 Å². The Labute approximate surface area is 53.5 Å². The van der Waals surface area contributed by atoms with Crippen molar-refractivity contribution in [2.24, 2.45) is 0 Å². The summed E-state index contributed by atoms with van der Waals surface area (Å²) < 4.78 is 0. The Hall–Kier alpha value is 0.869. The average molecular weight is 144 g/mol. The Morgan fingerprint density at radius 2 is 1.50 bits per heavy atom. The molecule has 0 N–H and O–H groups in total. The van der Waals surface area contributed by atoms with Crippen molar-refractivity contribution in [1.82, 2.24) is 0 Å². The standard InChI is InChI=1S/C4H8S.Fe/c1-2-4-5-3-1;/h1-4H2;/q;+3. The molecule has 1 aliphatic rings. The molecule has 0 spiro atoms. The van der Waals surface area contributed by atoms with Crippen LogP contribution in [0.25, 0.3) is 0 Å². The minimum Gasteiger partial charge on any atom is -0.162 e. The van der Waals surface area contributed by atoms with Crippen LogP contribution in [0.1, 0.15) is 12.8 Å². The monoisotopic (exact) mass is 144 g/mol. The van der Waals surface area contributed by atoms with E-state index in [0.717, 1.165) is 0 Å². The fraction of sp³-hybridized carbons (Fsp3) is 1.00. The maximum absolute atomic E-state index is 2.07. The fourth-order valence-corrected chi connectivity index (χ4v) is 1.53. The maximum Gasteiger partial charge on any atom is 3.00 e. The SMILES string of the molecule is C1CCSC1.[Fe+3]. The number of hydrogen-bond acceptors (Lipinski definition) is 1. The third-order valence-corrected chi connectivity index (χ3v) is 1.98. The smallest absolute Gasteiger partial charge is 0.162 e. The van der Waals surface area contributed by atoms with E-state index in [2.05, 4.69) is 11.8 Å². The number of rotatable bonds is 0. The summed E-state index contributed by atoms with van der Waals surface area (Å²) in [6, 6.07) is 0. The summed E-state index contributed by atoms with van der Waals surface area (Å²) in [5.41, 5.74) is 0. The van der Waals surface area contributed by atoms with Gasteiger partial charge in [-0.05, 0) is 24.3 Å². The molecule has 1 radical (unpaired) electrons. The van der Waals surface area contributed by atoms with Gasteiger partial charge in [-0.25, -0.2) is 0 Å². The van der Waals surface area contributed by atoms with E-state index < -0.39 is 0 Å². The topological polar surface area (TPSA) is 0 Å². The van der Waals surface area contributed by atoms with Gasteiger partial charge in [-0.15, -0.1) is 0 Å². The van der Waals surface area contributed by atoms with Gasteiger partial charge < -0.3 is 0 Å². The molecule has 0 unspecified atom stereocenters. The summed E-state index contributed by atoms with van der Waals surface area (Å²) in [6.07, 6.45) is 2.93. The summed E-state index contributed by atoms with van der Waals surface area (Å²) in [7, 11) is 0. The molecule has 35 valence electrons. The van der Waals surface area contributed by atoms with Crippen LogP contribution < -0.4 is 0 Å². The zero-order valence-electron chi connectivity index (χ0n) is 3.59. The quantitative estimate of drug-likeness (QED) is 0.464. The van der Waals surface area contributed by atoms with Crippen LogP contribution >= 0.6 is 11.8 Å². The minimum absolute atomic E-state index is 0. The van der Waals surface area contributed by atoms with E-state index >= 15 is 0 Å². The van der Waals surface area contributed by atoms with E-state index in [1.165, 1.54) is 24.3 Å². The first-order valence-corrected chi connectivity index (χ1v) is 3.23. The molecular weight excluding hydrogens is 136 g/mol. The van der Waals surface area contributed by atoms with Gasteiger partial charge in [0.2, 0.25) is 0 Å². The summed E-state index contributed by atoms with van der Waals surface area (Å²) in [4.78, 5) is 0. The molecule has 0 aromatic rings. The van der Waals surface area contributed by atoms with Gasteiger partial charge in [0.15, 0.2) is 0 Å². The average Bonchev–Trinajstić information content (AvgIpc) is 1.76. The van der Waals surface area contributed by atoms with Gasteiger partial charge in [0, 0.05) is 0 Å². The van der Waals surface area contributed by atoms with E-state index in [-0.39, 0.29) is 17.1 Å². The Bertz CT molecular complexity index is 19.1. The molecule has 6 heavy (non-hydrogen) atoms. The Morgan fingerprint density at radius 1 is 1.00 bits per heavy atom. The van der Waals surface area contributed by atoms with E-state index in [4.69, 9.17) is 0 Å². The van der Waals surface area contributed by atoms with Crippen molar-refractivity contribution in [2.75, 3.05) is 11.5 Å². The van der Waals surface area contributed by atoms with Crippen LogP contribution in [0.4, 0.5) is 0 Å². The summed E-state index contributed by atoms with van der Waals surface area (Å²) in [5, 5.41) is 0. The van der Waals surface area contributed by atoms with Gasteiger partial charge in [0.05, 0.1) is 0 Å². The Kier molecular flexibility index (Phi) is 4.63. The van der Waals surface area contributed by atoms with Crippen LogP contribution in [0.15, 0.2) is 0 Å². The summed E-state index contributed by atoms with van der Waals surface area (Å²) in [6.45, 7) is 0. The van der Waals surface area contributed by atoms with Crippen LogP contribution in [-0.2, 0) is 17.1 Å². The molecule has 0 aliphatic carbocycles. The molecular formula is C4H8FeS+3. The van der Waals surface area contributed by atoms with Gasteiger partial charge in [0.25, 0.3) is 0 Å². The molecule has 0 atom stereocenters. The predicted octanol–water partition coefficient (Wildman–Crippen LogP) is 1.51. The van der Waals surface area contributed by atoms with Gasteiger partial charge in [-0.3, -0.25) is 0 Å². The van der Waals surface area contributed by atoms with Gasteiger partial charge >= 0.3 is 17.1 Å². The zero-order chi connectivity index (χ0) is 3.54. The van der Waals surface area contributed by atoms with Crippen molar-refractivity contribution in [3.05, 3.63) is 0 Å². The van der Waals surface area contributed by atoms with E-state index in [0.29, 0.717) is 0 Å². The molecule has 0 aromatic heterocycles. The number of hydrogen-bond donors (Lipinski definition) is 0. The molecule has 0 nitrogen and oxygen atoms in total. The first-order valence-electron chi connectivity index (χ1n) is 2.08. The van der Waals surface area contributed by atoms with Crippen molar-refractivity contribution >= 4 is 11.8 Å². The third kappa shape index (κ3) is 2.12. The van der Waals surface area contributed by atoms with Crippen LogP contribution in [0, 0.1) is 0 Å². The van der Waals surface area contributed by atoms with E-state index in [9.17, 15) is 0 Å². The molecule has 1 heterocycles. The molecule has 0 amide bonds. The Morgan fingerprint density at radius 3 is 1.67 bits per heavy atom. The summed E-state index contributed by atoms with van der Waals surface area (Å²) in [5.74, 6) is 2.83. The van der Waals surface area contributed by atoms with Crippen LogP contribution in [-0.4, -0.2) is 11.5 Å².